The minimum Gasteiger partial charge on any atom is -0.261 e. The van der Waals surface area contributed by atoms with Crippen LogP contribution in [0.2, 0.25) is 0 Å². The van der Waals surface area contributed by atoms with Crippen LogP contribution in [0.4, 0.5) is 0 Å². The first-order valence-electron chi connectivity index (χ1n) is 3.95. The molecule has 1 fully saturated rings. The van der Waals surface area contributed by atoms with Gasteiger partial charge in [-0.15, -0.1) is 4.91 Å². The number of hydrogen-bond acceptors (Lipinski definition) is 2. The van der Waals surface area contributed by atoms with Crippen molar-refractivity contribution >= 4 is 0 Å². The van der Waals surface area contributed by atoms with Gasteiger partial charge in [0.05, 0.1) is 5.29 Å². The predicted molar refractivity (Wildman–Crippen MR) is 40.4 cm³/mol. The molecule has 0 bridgehead atoms. The van der Waals surface area contributed by atoms with Crippen molar-refractivity contribution in [1.29, 1.82) is 0 Å². The van der Waals surface area contributed by atoms with Gasteiger partial charge in [0.1, 0.15) is 0 Å². The molecule has 0 radical (unpaired) electrons. The smallest absolute Gasteiger partial charge is 0.0524 e. The van der Waals surface area contributed by atoms with Gasteiger partial charge >= 0.3 is 0 Å². The van der Waals surface area contributed by atoms with E-state index in [1.807, 2.05) is 0 Å². The molecule has 3 heteroatoms. The SMILES string of the molecule is CCCN(CC1CC1)N=O. The van der Waals surface area contributed by atoms with Crippen LogP contribution in [0.25, 0.3) is 0 Å². The summed E-state index contributed by atoms with van der Waals surface area (Å²) in [5.41, 5.74) is 0. The fourth-order valence-electron chi connectivity index (χ4n) is 1.02. The standard InChI is InChI=1S/C7H14N2O/c1-2-5-9(8-10)6-7-3-4-7/h7H,2-6H2,1H3. The Morgan fingerprint density at radius 1 is 1.60 bits per heavy atom. The van der Waals surface area contributed by atoms with E-state index in [1.54, 1.807) is 5.01 Å². The Morgan fingerprint density at radius 2 is 2.30 bits per heavy atom. The second-order valence-electron chi connectivity index (χ2n) is 2.94. The van der Waals surface area contributed by atoms with E-state index in [-0.39, 0.29) is 0 Å². The summed E-state index contributed by atoms with van der Waals surface area (Å²) in [4.78, 5) is 10.1. The monoisotopic (exact) mass is 142 g/mol. The molecule has 0 aromatic rings. The van der Waals surface area contributed by atoms with Crippen LogP contribution in [-0.2, 0) is 0 Å². The van der Waals surface area contributed by atoms with Crippen LogP contribution >= 0.6 is 0 Å². The Balaban J connectivity index is 2.11. The van der Waals surface area contributed by atoms with E-state index in [0.29, 0.717) is 0 Å². The summed E-state index contributed by atoms with van der Waals surface area (Å²) >= 11 is 0. The molecule has 0 heterocycles. The summed E-state index contributed by atoms with van der Waals surface area (Å²) in [6.45, 7) is 3.77. The molecule has 1 aliphatic rings. The number of rotatable bonds is 5. The van der Waals surface area contributed by atoms with Gasteiger partial charge in [0.15, 0.2) is 0 Å². The maximum Gasteiger partial charge on any atom is 0.0524 e. The Morgan fingerprint density at radius 3 is 2.70 bits per heavy atom. The average molecular weight is 142 g/mol. The highest BCUT2D eigenvalue weighted by molar-refractivity contribution is 4.75. The predicted octanol–water partition coefficient (Wildman–Crippen LogP) is 1.79. The third-order valence-electron chi connectivity index (χ3n) is 1.76. The molecule has 0 atom stereocenters. The minimum atomic E-state index is 0.768. The molecule has 0 amide bonds. The van der Waals surface area contributed by atoms with Crippen molar-refractivity contribution in [3.8, 4) is 0 Å². The molecule has 58 valence electrons. The highest BCUT2D eigenvalue weighted by Gasteiger charge is 2.23. The van der Waals surface area contributed by atoms with Crippen LogP contribution in [0, 0.1) is 10.8 Å². The lowest BCUT2D eigenvalue weighted by atomic mass is 10.4. The summed E-state index contributed by atoms with van der Waals surface area (Å²) in [7, 11) is 0. The van der Waals surface area contributed by atoms with Gasteiger partial charge in [-0.3, -0.25) is 5.01 Å². The molecule has 1 saturated carbocycles. The minimum absolute atomic E-state index is 0.768. The van der Waals surface area contributed by atoms with Crippen molar-refractivity contribution in [3.05, 3.63) is 4.91 Å². The Labute approximate surface area is 61.3 Å². The van der Waals surface area contributed by atoms with E-state index in [1.165, 1.54) is 12.8 Å². The lowest BCUT2D eigenvalue weighted by molar-refractivity contribution is 0.273. The summed E-state index contributed by atoms with van der Waals surface area (Å²) in [5, 5.41) is 4.58. The van der Waals surface area contributed by atoms with E-state index in [2.05, 4.69) is 12.2 Å². The maximum atomic E-state index is 10.1. The van der Waals surface area contributed by atoms with Crippen molar-refractivity contribution in [2.45, 2.75) is 26.2 Å². The molecule has 0 aromatic carbocycles. The molecule has 1 rings (SSSR count). The summed E-state index contributed by atoms with van der Waals surface area (Å²) < 4.78 is 0. The van der Waals surface area contributed by atoms with E-state index in [0.717, 1.165) is 25.4 Å². The number of hydrogen-bond donors (Lipinski definition) is 0. The lowest BCUT2D eigenvalue weighted by Gasteiger charge is -2.12. The van der Waals surface area contributed by atoms with Crippen LogP contribution in [0.5, 0.6) is 0 Å². The first kappa shape index (κ1) is 7.51. The second-order valence-corrected chi connectivity index (χ2v) is 2.94. The van der Waals surface area contributed by atoms with Gasteiger partial charge in [-0.1, -0.05) is 6.92 Å². The molecule has 0 unspecified atom stereocenters. The summed E-state index contributed by atoms with van der Waals surface area (Å²) in [5.74, 6) is 0.768. The zero-order valence-electron chi connectivity index (χ0n) is 6.42. The van der Waals surface area contributed by atoms with Crippen LogP contribution in [0.3, 0.4) is 0 Å². The molecule has 0 spiro atoms. The van der Waals surface area contributed by atoms with Gasteiger partial charge in [-0.25, -0.2) is 0 Å². The molecule has 0 saturated heterocycles. The third kappa shape index (κ3) is 2.33. The van der Waals surface area contributed by atoms with Crippen molar-refractivity contribution in [2.75, 3.05) is 13.1 Å². The maximum absolute atomic E-state index is 10.1. The largest absolute Gasteiger partial charge is 0.261 e. The molecular weight excluding hydrogens is 128 g/mol. The van der Waals surface area contributed by atoms with Gasteiger partial charge < -0.3 is 0 Å². The highest BCUT2D eigenvalue weighted by Crippen LogP contribution is 2.29. The van der Waals surface area contributed by atoms with Gasteiger partial charge in [0, 0.05) is 13.1 Å². The quantitative estimate of drug-likeness (QED) is 0.433. The normalized spacial score (nSPS) is 16.9. The molecule has 0 aromatic heterocycles. The van der Waals surface area contributed by atoms with E-state index in [4.69, 9.17) is 0 Å². The second kappa shape index (κ2) is 3.54. The van der Waals surface area contributed by atoms with Crippen molar-refractivity contribution in [3.63, 3.8) is 0 Å². The first-order chi connectivity index (χ1) is 4.86. The number of nitrogens with zero attached hydrogens (tertiary/aromatic N) is 2. The van der Waals surface area contributed by atoms with Crippen LogP contribution < -0.4 is 0 Å². The Bertz CT molecular complexity index is 112. The molecule has 0 aliphatic heterocycles. The first-order valence-corrected chi connectivity index (χ1v) is 3.95. The van der Waals surface area contributed by atoms with Crippen LogP contribution in [-0.4, -0.2) is 18.1 Å². The van der Waals surface area contributed by atoms with Crippen molar-refractivity contribution in [1.82, 2.24) is 5.01 Å². The van der Waals surface area contributed by atoms with E-state index >= 15 is 0 Å². The average Bonchev–Trinajstić information content (AvgIpc) is 2.71. The van der Waals surface area contributed by atoms with E-state index < -0.39 is 0 Å². The van der Waals surface area contributed by atoms with Gasteiger partial charge in [0.25, 0.3) is 0 Å². The fraction of sp³-hybridized carbons (Fsp3) is 1.00. The molecule has 3 nitrogen and oxygen atoms in total. The van der Waals surface area contributed by atoms with Crippen LogP contribution in [0.1, 0.15) is 26.2 Å². The molecule has 1 aliphatic carbocycles. The highest BCUT2D eigenvalue weighted by atomic mass is 16.3. The van der Waals surface area contributed by atoms with Crippen LogP contribution in [0.15, 0.2) is 5.29 Å². The lowest BCUT2D eigenvalue weighted by Crippen LogP contribution is -2.19. The van der Waals surface area contributed by atoms with E-state index in [9.17, 15) is 4.91 Å². The molecule has 10 heavy (non-hydrogen) atoms. The third-order valence-corrected chi connectivity index (χ3v) is 1.76. The molecule has 0 N–H and O–H groups in total. The van der Waals surface area contributed by atoms with Gasteiger partial charge in [0.2, 0.25) is 0 Å². The van der Waals surface area contributed by atoms with Crippen molar-refractivity contribution in [2.24, 2.45) is 11.2 Å². The topological polar surface area (TPSA) is 32.7 Å². The Hall–Kier alpha value is -0.600. The summed E-state index contributed by atoms with van der Waals surface area (Å²) in [6, 6.07) is 0. The fourth-order valence-corrected chi connectivity index (χ4v) is 1.02. The van der Waals surface area contributed by atoms with Gasteiger partial charge in [-0.2, -0.15) is 0 Å². The van der Waals surface area contributed by atoms with Gasteiger partial charge in [-0.05, 0) is 25.2 Å². The zero-order valence-corrected chi connectivity index (χ0v) is 6.42. The van der Waals surface area contributed by atoms with Crippen molar-refractivity contribution < 1.29 is 0 Å². The summed E-state index contributed by atoms with van der Waals surface area (Å²) in [6.07, 6.45) is 3.59. The number of nitroso groups, excluding NO2 is 1. The Kier molecular flexibility index (Phi) is 2.66. The molecular formula is C7H14N2O. The zero-order chi connectivity index (χ0) is 7.40.